The first kappa shape index (κ1) is 10.0. The summed E-state index contributed by atoms with van der Waals surface area (Å²) >= 11 is 0. The fraction of sp³-hybridized carbons (Fsp3) is 0.625. The van der Waals surface area contributed by atoms with Crippen LogP contribution in [-0.4, -0.2) is 12.1 Å². The number of carbonyl (C=O) groups is 1. The summed E-state index contributed by atoms with van der Waals surface area (Å²) in [6, 6.07) is -0.579. The molecule has 0 aromatic heterocycles. The molecule has 0 fully saturated rings. The zero-order valence-corrected chi connectivity index (χ0v) is 7.35. The standard InChI is InChI=1S/C8H16N2O/c1-5-6(8(2,3)4)10-7(9)11/h5-6H,1H2,2-4H3,(H3,9,10,11). The zero-order chi connectivity index (χ0) is 9.07. The SMILES string of the molecule is C=CC(NC(N)=O)C(C)(C)C. The Labute approximate surface area is 67.7 Å². The average Bonchev–Trinajstić information content (AvgIpc) is 1.79. The van der Waals surface area contributed by atoms with Gasteiger partial charge in [0.1, 0.15) is 0 Å². The van der Waals surface area contributed by atoms with Crippen LogP contribution in [0.3, 0.4) is 0 Å². The van der Waals surface area contributed by atoms with Crippen molar-refractivity contribution in [3.63, 3.8) is 0 Å². The van der Waals surface area contributed by atoms with Crippen LogP contribution in [0.4, 0.5) is 4.79 Å². The molecular formula is C8H16N2O. The third-order valence-electron chi connectivity index (χ3n) is 1.47. The van der Waals surface area contributed by atoms with Crippen LogP contribution < -0.4 is 11.1 Å². The highest BCUT2D eigenvalue weighted by molar-refractivity contribution is 5.72. The molecule has 3 N–H and O–H groups in total. The summed E-state index contributed by atoms with van der Waals surface area (Å²) < 4.78 is 0. The molecule has 0 bridgehead atoms. The quantitative estimate of drug-likeness (QED) is 0.581. The van der Waals surface area contributed by atoms with Crippen LogP contribution >= 0.6 is 0 Å². The molecule has 1 atom stereocenters. The van der Waals surface area contributed by atoms with Crippen molar-refractivity contribution in [1.82, 2.24) is 5.32 Å². The second-order valence-electron chi connectivity index (χ2n) is 3.59. The van der Waals surface area contributed by atoms with Crippen molar-refractivity contribution in [2.45, 2.75) is 26.8 Å². The number of nitrogens with one attached hydrogen (secondary N) is 1. The minimum atomic E-state index is -0.509. The van der Waals surface area contributed by atoms with Gasteiger partial charge in [0.05, 0.1) is 6.04 Å². The van der Waals surface area contributed by atoms with E-state index in [2.05, 4.69) is 11.9 Å². The first-order valence-corrected chi connectivity index (χ1v) is 3.56. The molecular weight excluding hydrogens is 140 g/mol. The fourth-order valence-electron chi connectivity index (χ4n) is 0.782. The van der Waals surface area contributed by atoms with Crippen LogP contribution in [0.1, 0.15) is 20.8 Å². The zero-order valence-electron chi connectivity index (χ0n) is 7.35. The molecule has 3 nitrogen and oxygen atoms in total. The Balaban J connectivity index is 4.18. The molecule has 0 saturated heterocycles. The molecule has 1 unspecified atom stereocenters. The molecule has 3 heteroatoms. The van der Waals surface area contributed by atoms with Gasteiger partial charge in [-0.1, -0.05) is 26.8 Å². The number of rotatable bonds is 2. The van der Waals surface area contributed by atoms with Gasteiger partial charge in [-0.3, -0.25) is 0 Å². The molecule has 0 aromatic carbocycles. The van der Waals surface area contributed by atoms with Crippen LogP contribution in [0.15, 0.2) is 12.7 Å². The van der Waals surface area contributed by atoms with Crippen LogP contribution in [-0.2, 0) is 0 Å². The van der Waals surface area contributed by atoms with Gasteiger partial charge in [-0.05, 0) is 5.41 Å². The van der Waals surface area contributed by atoms with E-state index >= 15 is 0 Å². The van der Waals surface area contributed by atoms with Gasteiger partial charge >= 0.3 is 6.03 Å². The molecule has 0 spiro atoms. The molecule has 0 heterocycles. The average molecular weight is 156 g/mol. The van der Waals surface area contributed by atoms with Gasteiger partial charge in [0.2, 0.25) is 0 Å². The molecule has 0 aliphatic rings. The number of urea groups is 1. The van der Waals surface area contributed by atoms with E-state index in [1.165, 1.54) is 0 Å². The molecule has 0 rings (SSSR count). The second-order valence-corrected chi connectivity index (χ2v) is 3.59. The van der Waals surface area contributed by atoms with Gasteiger partial charge in [0, 0.05) is 0 Å². The predicted molar refractivity (Wildman–Crippen MR) is 46.2 cm³/mol. The van der Waals surface area contributed by atoms with E-state index in [4.69, 9.17) is 5.73 Å². The Morgan fingerprint density at radius 2 is 2.09 bits per heavy atom. The maximum absolute atomic E-state index is 10.5. The Morgan fingerprint density at radius 3 is 2.18 bits per heavy atom. The van der Waals surface area contributed by atoms with E-state index in [1.54, 1.807) is 6.08 Å². The van der Waals surface area contributed by atoms with E-state index in [0.29, 0.717) is 0 Å². The summed E-state index contributed by atoms with van der Waals surface area (Å²) in [4.78, 5) is 10.5. The van der Waals surface area contributed by atoms with Crippen molar-refractivity contribution in [2.24, 2.45) is 11.1 Å². The fourth-order valence-corrected chi connectivity index (χ4v) is 0.782. The summed E-state index contributed by atoms with van der Waals surface area (Å²) in [6.07, 6.45) is 1.69. The lowest BCUT2D eigenvalue weighted by molar-refractivity contribution is 0.235. The van der Waals surface area contributed by atoms with Crippen molar-refractivity contribution in [1.29, 1.82) is 0 Å². The summed E-state index contributed by atoms with van der Waals surface area (Å²) in [5, 5.41) is 2.59. The minimum absolute atomic E-state index is 0.0310. The molecule has 0 radical (unpaired) electrons. The Hall–Kier alpha value is -0.990. The molecule has 0 aliphatic heterocycles. The van der Waals surface area contributed by atoms with Crippen molar-refractivity contribution in [3.05, 3.63) is 12.7 Å². The monoisotopic (exact) mass is 156 g/mol. The van der Waals surface area contributed by atoms with Crippen molar-refractivity contribution in [2.75, 3.05) is 0 Å². The van der Waals surface area contributed by atoms with Gasteiger partial charge in [0.25, 0.3) is 0 Å². The highest BCUT2D eigenvalue weighted by Crippen LogP contribution is 2.19. The largest absolute Gasteiger partial charge is 0.352 e. The van der Waals surface area contributed by atoms with Crippen LogP contribution in [0, 0.1) is 5.41 Å². The van der Waals surface area contributed by atoms with Crippen molar-refractivity contribution >= 4 is 6.03 Å². The van der Waals surface area contributed by atoms with Gasteiger partial charge in [-0.15, -0.1) is 6.58 Å². The topological polar surface area (TPSA) is 55.1 Å². The molecule has 0 aromatic rings. The first-order valence-electron chi connectivity index (χ1n) is 3.56. The molecule has 11 heavy (non-hydrogen) atoms. The van der Waals surface area contributed by atoms with Crippen molar-refractivity contribution < 1.29 is 4.79 Å². The summed E-state index contributed by atoms with van der Waals surface area (Å²) in [5.74, 6) is 0. The molecule has 2 amide bonds. The molecule has 0 aliphatic carbocycles. The second kappa shape index (κ2) is 3.42. The van der Waals surface area contributed by atoms with E-state index in [1.807, 2.05) is 20.8 Å². The minimum Gasteiger partial charge on any atom is -0.352 e. The number of carbonyl (C=O) groups excluding carboxylic acids is 1. The van der Waals surface area contributed by atoms with Gasteiger partial charge in [-0.25, -0.2) is 4.79 Å². The lowest BCUT2D eigenvalue weighted by Crippen LogP contribution is -2.44. The smallest absolute Gasteiger partial charge is 0.312 e. The van der Waals surface area contributed by atoms with Gasteiger partial charge in [0.15, 0.2) is 0 Å². The highest BCUT2D eigenvalue weighted by atomic mass is 16.2. The lowest BCUT2D eigenvalue weighted by Gasteiger charge is -2.27. The van der Waals surface area contributed by atoms with E-state index < -0.39 is 6.03 Å². The number of hydrogen-bond acceptors (Lipinski definition) is 1. The Bertz CT molecular complexity index is 158. The van der Waals surface area contributed by atoms with Gasteiger partial charge < -0.3 is 11.1 Å². The van der Waals surface area contributed by atoms with Crippen LogP contribution in [0.5, 0.6) is 0 Å². The Kier molecular flexibility index (Phi) is 3.11. The van der Waals surface area contributed by atoms with Crippen LogP contribution in [0.25, 0.3) is 0 Å². The third-order valence-corrected chi connectivity index (χ3v) is 1.47. The maximum atomic E-state index is 10.5. The Morgan fingerprint density at radius 1 is 1.64 bits per heavy atom. The number of nitrogens with two attached hydrogens (primary N) is 1. The summed E-state index contributed by atoms with van der Waals surface area (Å²) in [5.41, 5.74) is 4.94. The lowest BCUT2D eigenvalue weighted by atomic mass is 9.87. The highest BCUT2D eigenvalue weighted by Gasteiger charge is 2.22. The summed E-state index contributed by atoms with van der Waals surface area (Å²) in [6.45, 7) is 9.64. The van der Waals surface area contributed by atoms with E-state index in [9.17, 15) is 4.79 Å². The number of hydrogen-bond donors (Lipinski definition) is 2. The van der Waals surface area contributed by atoms with E-state index in [-0.39, 0.29) is 11.5 Å². The predicted octanol–water partition coefficient (Wildman–Crippen LogP) is 1.26. The third kappa shape index (κ3) is 3.65. The molecule has 0 saturated carbocycles. The number of amides is 2. The molecule has 64 valence electrons. The summed E-state index contributed by atoms with van der Waals surface area (Å²) in [7, 11) is 0. The maximum Gasteiger partial charge on any atom is 0.312 e. The van der Waals surface area contributed by atoms with Crippen molar-refractivity contribution in [3.8, 4) is 0 Å². The van der Waals surface area contributed by atoms with E-state index in [0.717, 1.165) is 0 Å². The number of primary amides is 1. The van der Waals surface area contributed by atoms with Crippen LogP contribution in [0.2, 0.25) is 0 Å². The normalized spacial score (nSPS) is 13.7. The van der Waals surface area contributed by atoms with Gasteiger partial charge in [-0.2, -0.15) is 0 Å². The first-order chi connectivity index (χ1) is 4.88.